The van der Waals surface area contributed by atoms with Gasteiger partial charge in [-0.1, -0.05) is 162 Å². The van der Waals surface area contributed by atoms with Crippen molar-refractivity contribution in [1.82, 2.24) is 4.90 Å². The fourth-order valence-corrected chi connectivity index (χ4v) is 7.80. The van der Waals surface area contributed by atoms with Crippen LogP contribution in [0.15, 0.2) is 0 Å². The lowest BCUT2D eigenvalue weighted by atomic mass is 9.86. The van der Waals surface area contributed by atoms with E-state index in [0.717, 1.165) is 90.3 Å². The summed E-state index contributed by atoms with van der Waals surface area (Å²) < 4.78 is 11.9. The summed E-state index contributed by atoms with van der Waals surface area (Å²) in [4.78, 5) is 28.6. The molecule has 1 N–H and O–H groups in total. The fourth-order valence-electron chi connectivity index (χ4n) is 7.80. The zero-order valence-corrected chi connectivity index (χ0v) is 39.0. The molecule has 334 valence electrons. The summed E-state index contributed by atoms with van der Waals surface area (Å²) >= 11 is 0. The maximum absolute atomic E-state index is 13.4. The average Bonchev–Trinajstić information content (AvgIpc) is 3.17. The molecule has 56 heavy (non-hydrogen) atoms. The Hall–Kier alpha value is -1.14. The Balaban J connectivity index is 4.43. The van der Waals surface area contributed by atoms with Crippen LogP contribution in [-0.2, 0) is 19.1 Å². The number of nitrogens with zero attached hydrogens (tertiary/aromatic N) is 1. The van der Waals surface area contributed by atoms with Gasteiger partial charge < -0.3 is 19.5 Å². The lowest BCUT2D eigenvalue weighted by molar-refractivity contribution is -0.161. The van der Waals surface area contributed by atoms with Crippen LogP contribution in [-0.4, -0.2) is 60.9 Å². The molecule has 0 aliphatic carbocycles. The van der Waals surface area contributed by atoms with Crippen molar-refractivity contribution < 1.29 is 24.2 Å². The van der Waals surface area contributed by atoms with Gasteiger partial charge in [-0.3, -0.25) is 9.59 Å². The third-order valence-electron chi connectivity index (χ3n) is 12.1. The zero-order valence-electron chi connectivity index (χ0n) is 39.0. The number of rotatable bonds is 43. The Morgan fingerprint density at radius 2 is 0.821 bits per heavy atom. The third-order valence-corrected chi connectivity index (χ3v) is 12.1. The minimum absolute atomic E-state index is 0.0156. The Morgan fingerprint density at radius 1 is 0.464 bits per heavy atom. The highest BCUT2D eigenvalue weighted by Gasteiger charge is 2.31. The number of aliphatic hydroxyl groups is 1. The van der Waals surface area contributed by atoms with Crippen LogP contribution in [0.25, 0.3) is 0 Å². The molecule has 0 aromatic carbocycles. The molecule has 6 nitrogen and oxygen atoms in total. The number of esters is 2. The Kier molecular flexibility index (Phi) is 37.3. The number of aliphatic hydroxyl groups excluding tert-OH is 1. The minimum Gasteiger partial charge on any atom is -0.465 e. The van der Waals surface area contributed by atoms with Crippen LogP contribution < -0.4 is 0 Å². The van der Waals surface area contributed by atoms with Gasteiger partial charge in [0.2, 0.25) is 0 Å². The summed E-state index contributed by atoms with van der Waals surface area (Å²) in [7, 11) is 0. The first kappa shape index (κ1) is 54.9. The smallest absolute Gasteiger partial charge is 0.311 e. The topological polar surface area (TPSA) is 76.1 Å². The van der Waals surface area contributed by atoms with Gasteiger partial charge in [0.25, 0.3) is 0 Å². The third kappa shape index (κ3) is 32.8. The molecule has 0 radical (unpaired) electrons. The van der Waals surface area contributed by atoms with E-state index in [9.17, 15) is 14.7 Å². The van der Waals surface area contributed by atoms with Crippen molar-refractivity contribution in [3.63, 3.8) is 0 Å². The van der Waals surface area contributed by atoms with E-state index in [0.29, 0.717) is 6.61 Å². The molecule has 0 aliphatic rings. The number of carbonyl (C=O) groups is 2. The number of unbranched alkanes of at least 4 members (excludes halogenated alkanes) is 23. The van der Waals surface area contributed by atoms with E-state index in [1.165, 1.54) is 141 Å². The lowest BCUT2D eigenvalue weighted by Gasteiger charge is -2.27. The van der Waals surface area contributed by atoms with Crippen molar-refractivity contribution in [2.75, 3.05) is 32.8 Å². The van der Waals surface area contributed by atoms with Crippen molar-refractivity contribution in [3.8, 4) is 0 Å². The minimum atomic E-state index is -0.424. The van der Waals surface area contributed by atoms with Gasteiger partial charge in [0, 0.05) is 6.61 Å². The Bertz CT molecular complexity index is 858. The van der Waals surface area contributed by atoms with E-state index in [4.69, 9.17) is 9.47 Å². The maximum atomic E-state index is 13.4. The van der Waals surface area contributed by atoms with E-state index >= 15 is 0 Å². The molecule has 0 unspecified atom stereocenters. The Morgan fingerprint density at radius 3 is 1.27 bits per heavy atom. The first-order valence-electron chi connectivity index (χ1n) is 24.8. The van der Waals surface area contributed by atoms with E-state index < -0.39 is 5.41 Å². The van der Waals surface area contributed by atoms with Gasteiger partial charge in [-0.2, -0.15) is 0 Å². The van der Waals surface area contributed by atoms with Crippen molar-refractivity contribution in [2.45, 2.75) is 266 Å². The number of hydrogen-bond donors (Lipinski definition) is 1. The van der Waals surface area contributed by atoms with E-state index in [2.05, 4.69) is 39.5 Å². The second-order valence-electron chi connectivity index (χ2n) is 18.8. The van der Waals surface area contributed by atoms with Crippen molar-refractivity contribution in [2.24, 2.45) is 10.8 Å². The molecule has 0 amide bonds. The van der Waals surface area contributed by atoms with Crippen LogP contribution in [0.1, 0.15) is 260 Å². The van der Waals surface area contributed by atoms with E-state index in [1.54, 1.807) is 0 Å². The summed E-state index contributed by atoms with van der Waals surface area (Å²) in [6.45, 7) is 19.2. The normalized spacial score (nSPS) is 12.2. The van der Waals surface area contributed by atoms with Crippen molar-refractivity contribution in [1.29, 1.82) is 0 Å². The molecule has 0 saturated carbocycles. The Labute approximate surface area is 350 Å². The molecule has 0 fully saturated rings. The molecule has 0 aromatic heterocycles. The average molecular weight is 794 g/mol. The SMILES string of the molecule is CCCCCCCCC(CCCCCCCC)OC(=O)C(C)(C)CCCCCCN(CCCCO)CCCCCCCCC(C)(C)C(=O)OCCCCCCC. The van der Waals surface area contributed by atoms with Gasteiger partial charge in [0.15, 0.2) is 0 Å². The number of hydrogen-bond acceptors (Lipinski definition) is 6. The fraction of sp³-hybridized carbons (Fsp3) is 0.960. The zero-order chi connectivity index (χ0) is 41.6. The first-order chi connectivity index (χ1) is 27.0. The summed E-state index contributed by atoms with van der Waals surface area (Å²) in [5, 5.41) is 9.35. The largest absolute Gasteiger partial charge is 0.465 e. The molecule has 6 heteroatoms. The first-order valence-corrected chi connectivity index (χ1v) is 24.8. The maximum Gasteiger partial charge on any atom is 0.311 e. The van der Waals surface area contributed by atoms with Gasteiger partial charge in [-0.05, 0) is 118 Å². The molecular weight excluding hydrogens is 695 g/mol. The van der Waals surface area contributed by atoms with Crippen molar-refractivity contribution >= 4 is 11.9 Å². The predicted molar refractivity (Wildman–Crippen MR) is 241 cm³/mol. The number of carbonyl (C=O) groups excluding carboxylic acids is 2. The highest BCUT2D eigenvalue weighted by Crippen LogP contribution is 2.29. The summed E-state index contributed by atoms with van der Waals surface area (Å²) in [5.41, 5.74) is -0.810. The van der Waals surface area contributed by atoms with E-state index in [1.807, 2.05) is 13.8 Å². The molecular formula is C50H99NO5. The standard InChI is InChI=1S/C50H99NO5/c1-8-11-14-17-21-28-37-46(38-29-22-18-15-12-9-2)56-48(54)50(6,7)40-31-24-26-33-42-51(43-34-35-44-52)41-32-25-20-19-23-30-39-49(4,5)47(53)55-45-36-27-16-13-10-3/h46,52H,8-45H2,1-7H3. The van der Waals surface area contributed by atoms with Crippen LogP contribution in [0.4, 0.5) is 0 Å². The van der Waals surface area contributed by atoms with Crippen LogP contribution in [0.2, 0.25) is 0 Å². The van der Waals surface area contributed by atoms with Gasteiger partial charge in [0.05, 0.1) is 17.4 Å². The van der Waals surface area contributed by atoms with Gasteiger partial charge in [-0.15, -0.1) is 0 Å². The molecule has 0 aromatic rings. The van der Waals surface area contributed by atoms with Gasteiger partial charge >= 0.3 is 11.9 Å². The molecule has 0 aliphatic heterocycles. The molecule has 0 bridgehead atoms. The highest BCUT2D eigenvalue weighted by molar-refractivity contribution is 5.76. The lowest BCUT2D eigenvalue weighted by Crippen LogP contribution is -2.31. The monoisotopic (exact) mass is 794 g/mol. The van der Waals surface area contributed by atoms with Crippen LogP contribution in [0.5, 0.6) is 0 Å². The van der Waals surface area contributed by atoms with Gasteiger partial charge in [0.1, 0.15) is 6.10 Å². The van der Waals surface area contributed by atoms with E-state index in [-0.39, 0.29) is 30.1 Å². The molecule has 0 saturated heterocycles. The summed E-state index contributed by atoms with van der Waals surface area (Å²) in [6, 6.07) is 0. The predicted octanol–water partition coefficient (Wildman–Crippen LogP) is 14.7. The molecule has 0 heterocycles. The quantitative estimate of drug-likeness (QED) is 0.0489. The summed E-state index contributed by atoms with van der Waals surface area (Å²) in [6.07, 6.45) is 38.9. The number of ether oxygens (including phenoxy) is 2. The van der Waals surface area contributed by atoms with Crippen LogP contribution in [0, 0.1) is 10.8 Å². The summed E-state index contributed by atoms with van der Waals surface area (Å²) in [5.74, 6) is -0.0129. The highest BCUT2D eigenvalue weighted by atomic mass is 16.5. The second-order valence-corrected chi connectivity index (χ2v) is 18.8. The van der Waals surface area contributed by atoms with Crippen molar-refractivity contribution in [3.05, 3.63) is 0 Å². The van der Waals surface area contributed by atoms with Crippen LogP contribution >= 0.6 is 0 Å². The second kappa shape index (κ2) is 38.1. The molecule has 0 rings (SSSR count). The molecule has 0 spiro atoms. The van der Waals surface area contributed by atoms with Crippen LogP contribution in [0.3, 0.4) is 0 Å². The van der Waals surface area contributed by atoms with Gasteiger partial charge in [-0.25, -0.2) is 0 Å². The molecule has 0 atom stereocenters.